The van der Waals surface area contributed by atoms with Crippen molar-refractivity contribution < 1.29 is 22.6 Å². The topological polar surface area (TPSA) is 130 Å². The molecule has 3 rings (SSSR count). The lowest BCUT2D eigenvalue weighted by Crippen LogP contribution is -2.34. The van der Waals surface area contributed by atoms with Crippen LogP contribution in [-0.4, -0.2) is 65.8 Å². The smallest absolute Gasteiger partial charge is 0.240 e. The Morgan fingerprint density at radius 2 is 1.93 bits per heavy atom. The zero-order chi connectivity index (χ0) is 21.7. The Morgan fingerprint density at radius 1 is 1.27 bits per heavy atom. The molecule has 30 heavy (non-hydrogen) atoms. The van der Waals surface area contributed by atoms with Crippen molar-refractivity contribution in [2.75, 3.05) is 32.2 Å². The van der Waals surface area contributed by atoms with Crippen LogP contribution in [0.4, 0.5) is 5.95 Å². The van der Waals surface area contributed by atoms with Gasteiger partial charge in [0.2, 0.25) is 16.0 Å². The summed E-state index contributed by atoms with van der Waals surface area (Å²) in [6, 6.07) is 0.00438. The van der Waals surface area contributed by atoms with Crippen molar-refractivity contribution in [2.45, 2.75) is 43.8 Å². The van der Waals surface area contributed by atoms with Crippen molar-refractivity contribution in [3.8, 4) is 0 Å². The average Bonchev–Trinajstić information content (AvgIpc) is 3.12. The van der Waals surface area contributed by atoms with Crippen LogP contribution in [0, 0.1) is 0 Å². The van der Waals surface area contributed by atoms with Crippen LogP contribution in [0.15, 0.2) is 12.4 Å². The van der Waals surface area contributed by atoms with Gasteiger partial charge >= 0.3 is 0 Å². The van der Waals surface area contributed by atoms with Gasteiger partial charge in [0.05, 0.1) is 5.02 Å². The van der Waals surface area contributed by atoms with Crippen molar-refractivity contribution in [2.24, 2.45) is 0 Å². The molecule has 0 aliphatic carbocycles. The minimum Gasteiger partial charge on any atom is -0.381 e. The molecule has 1 aliphatic heterocycles. The lowest BCUT2D eigenvalue weighted by molar-refractivity contribution is 0.0672. The van der Waals surface area contributed by atoms with E-state index in [0.29, 0.717) is 24.1 Å². The normalized spacial score (nSPS) is 17.6. The molecule has 166 valence electrons. The largest absolute Gasteiger partial charge is 0.381 e. The van der Waals surface area contributed by atoms with Crippen molar-refractivity contribution in [3.63, 3.8) is 0 Å². The molecule has 2 atom stereocenters. The van der Waals surface area contributed by atoms with Gasteiger partial charge in [-0.15, -0.1) is 10.2 Å². The molecule has 0 aromatic carbocycles. The van der Waals surface area contributed by atoms with E-state index in [4.69, 9.17) is 25.8 Å². The minimum atomic E-state index is -3.93. The van der Waals surface area contributed by atoms with E-state index in [-0.39, 0.29) is 24.4 Å². The molecule has 0 amide bonds. The summed E-state index contributed by atoms with van der Waals surface area (Å²) in [5, 5.41) is 7.49. The average molecular weight is 461 g/mol. The van der Waals surface area contributed by atoms with Crippen LogP contribution < -0.4 is 4.72 Å². The second-order valence-electron chi connectivity index (χ2n) is 6.85. The first kappa shape index (κ1) is 22.8. The molecular weight excluding hydrogens is 436 g/mol. The molecule has 0 radical (unpaired) electrons. The number of nitrogens with one attached hydrogen (secondary N) is 1. The molecule has 11 nitrogen and oxygen atoms in total. The molecule has 0 saturated carbocycles. The van der Waals surface area contributed by atoms with Crippen molar-refractivity contribution >= 4 is 27.6 Å². The number of sulfonamides is 1. The summed E-state index contributed by atoms with van der Waals surface area (Å²) in [5.74, 6) is 0.887. The predicted molar refractivity (Wildman–Crippen MR) is 109 cm³/mol. The highest BCUT2D eigenvalue weighted by Gasteiger charge is 2.35. The summed E-state index contributed by atoms with van der Waals surface area (Å²) < 4.78 is 46.6. The van der Waals surface area contributed by atoms with Gasteiger partial charge in [-0.05, 0) is 19.8 Å². The number of nitrogens with zero attached hydrogens (tertiary/aromatic N) is 5. The van der Waals surface area contributed by atoms with E-state index in [1.165, 1.54) is 26.4 Å². The van der Waals surface area contributed by atoms with Gasteiger partial charge in [-0.2, -0.15) is 0 Å². The van der Waals surface area contributed by atoms with Crippen LogP contribution in [0.5, 0.6) is 0 Å². The Hall–Kier alpha value is -1.86. The molecule has 2 aromatic heterocycles. The highest BCUT2D eigenvalue weighted by Crippen LogP contribution is 2.29. The van der Waals surface area contributed by atoms with Gasteiger partial charge in [-0.25, -0.2) is 18.4 Å². The number of hydrogen-bond donors (Lipinski definition) is 1. The molecule has 3 heterocycles. The molecule has 1 saturated heterocycles. The summed E-state index contributed by atoms with van der Waals surface area (Å²) >= 11 is 5.82. The van der Waals surface area contributed by atoms with Crippen LogP contribution in [0.2, 0.25) is 5.02 Å². The quantitative estimate of drug-likeness (QED) is 0.594. The molecule has 13 heteroatoms. The highest BCUT2D eigenvalue weighted by molar-refractivity contribution is 7.93. The first-order chi connectivity index (χ1) is 14.4. The number of halogens is 1. The number of anilines is 1. The van der Waals surface area contributed by atoms with Gasteiger partial charge in [0.25, 0.3) is 0 Å². The van der Waals surface area contributed by atoms with Gasteiger partial charge in [-0.3, -0.25) is 9.29 Å². The monoisotopic (exact) mass is 460 g/mol. The maximum Gasteiger partial charge on any atom is 0.240 e. The van der Waals surface area contributed by atoms with E-state index in [1.807, 2.05) is 0 Å². The fourth-order valence-electron chi connectivity index (χ4n) is 3.31. The van der Waals surface area contributed by atoms with Crippen LogP contribution >= 0.6 is 11.6 Å². The molecule has 2 unspecified atom stereocenters. The minimum absolute atomic E-state index is 0.00438. The SMILES string of the molecule is COCc1nnc(NS(=O)(=O)C(C)C(OC)c2ncc(Cl)cn2)n1C1CCOCC1. The lowest BCUT2D eigenvalue weighted by Gasteiger charge is -2.27. The third kappa shape index (κ3) is 5.06. The van der Waals surface area contributed by atoms with Crippen molar-refractivity contribution in [1.82, 2.24) is 24.7 Å². The summed E-state index contributed by atoms with van der Waals surface area (Å²) in [7, 11) is -0.985. The maximum absolute atomic E-state index is 13.1. The summed E-state index contributed by atoms with van der Waals surface area (Å²) in [6.07, 6.45) is 3.32. The Bertz CT molecular complexity index is 933. The van der Waals surface area contributed by atoms with E-state index in [0.717, 1.165) is 12.8 Å². The molecule has 1 aliphatic rings. The van der Waals surface area contributed by atoms with Gasteiger partial charge in [0.1, 0.15) is 18.0 Å². The van der Waals surface area contributed by atoms with E-state index in [2.05, 4.69) is 24.9 Å². The van der Waals surface area contributed by atoms with E-state index >= 15 is 0 Å². The van der Waals surface area contributed by atoms with Crippen LogP contribution in [-0.2, 0) is 30.8 Å². The predicted octanol–water partition coefficient (Wildman–Crippen LogP) is 1.74. The summed E-state index contributed by atoms with van der Waals surface area (Å²) in [5.41, 5.74) is 0. The van der Waals surface area contributed by atoms with Gasteiger partial charge in [0, 0.05) is 45.9 Å². The highest BCUT2D eigenvalue weighted by atomic mass is 35.5. The van der Waals surface area contributed by atoms with E-state index in [1.54, 1.807) is 11.7 Å². The van der Waals surface area contributed by atoms with Crippen LogP contribution in [0.1, 0.15) is 43.6 Å². The lowest BCUT2D eigenvalue weighted by atomic mass is 10.1. The van der Waals surface area contributed by atoms with E-state index in [9.17, 15) is 8.42 Å². The van der Waals surface area contributed by atoms with Gasteiger partial charge in [-0.1, -0.05) is 11.6 Å². The maximum atomic E-state index is 13.1. The molecule has 1 N–H and O–H groups in total. The first-order valence-electron chi connectivity index (χ1n) is 9.39. The number of hydrogen-bond acceptors (Lipinski definition) is 9. The fraction of sp³-hybridized carbons (Fsp3) is 0.647. The molecule has 0 bridgehead atoms. The Morgan fingerprint density at radius 3 is 2.53 bits per heavy atom. The fourth-order valence-corrected chi connectivity index (χ4v) is 4.54. The molecular formula is C17H25ClN6O5S. The van der Waals surface area contributed by atoms with Crippen molar-refractivity contribution in [3.05, 3.63) is 29.1 Å². The first-order valence-corrected chi connectivity index (χ1v) is 11.3. The summed E-state index contributed by atoms with van der Waals surface area (Å²) in [4.78, 5) is 8.17. The Kier molecular flexibility index (Phi) is 7.58. The van der Waals surface area contributed by atoms with Gasteiger partial charge < -0.3 is 14.2 Å². The van der Waals surface area contributed by atoms with E-state index < -0.39 is 21.4 Å². The third-order valence-corrected chi connectivity index (χ3v) is 6.78. The standard InChI is InChI=1S/C17H25ClN6O5S/c1-11(15(28-3)16-19-8-12(18)9-20-16)30(25,26)23-17-22-21-14(10-27-2)24(17)13-4-6-29-7-5-13/h8-9,11,13,15H,4-7,10H2,1-3H3,(H,22,23). The number of rotatable bonds is 9. The van der Waals surface area contributed by atoms with Crippen LogP contribution in [0.25, 0.3) is 0 Å². The van der Waals surface area contributed by atoms with Crippen molar-refractivity contribution in [1.29, 1.82) is 0 Å². The Labute approximate surface area is 180 Å². The van der Waals surface area contributed by atoms with Gasteiger partial charge in [0.15, 0.2) is 11.6 Å². The third-order valence-electron chi connectivity index (χ3n) is 4.89. The second kappa shape index (κ2) is 9.96. The summed E-state index contributed by atoms with van der Waals surface area (Å²) in [6.45, 7) is 2.88. The number of ether oxygens (including phenoxy) is 3. The zero-order valence-corrected chi connectivity index (χ0v) is 18.6. The Balaban J connectivity index is 1.87. The second-order valence-corrected chi connectivity index (χ2v) is 9.33. The van der Waals surface area contributed by atoms with Crippen LogP contribution in [0.3, 0.4) is 0 Å². The molecule has 0 spiro atoms. The number of methoxy groups -OCH3 is 2. The molecule has 1 fully saturated rings. The molecule has 2 aromatic rings. The zero-order valence-electron chi connectivity index (χ0n) is 17.0. The number of aromatic nitrogens is 5.